The molecular weight excluding hydrogens is 256 g/mol. The number of rotatable bonds is 4. The molecule has 1 aromatic heterocycles. The first-order valence-corrected chi connectivity index (χ1v) is 6.09. The van der Waals surface area contributed by atoms with E-state index in [0.29, 0.717) is 17.1 Å². The zero-order chi connectivity index (χ0) is 14.7. The van der Waals surface area contributed by atoms with E-state index in [0.717, 1.165) is 5.56 Å². The molecule has 2 rings (SSSR count). The van der Waals surface area contributed by atoms with Gasteiger partial charge in [-0.3, -0.25) is 4.79 Å². The first-order valence-electron chi connectivity index (χ1n) is 6.09. The Balaban J connectivity index is 2.24. The van der Waals surface area contributed by atoms with Crippen LogP contribution in [0.3, 0.4) is 0 Å². The van der Waals surface area contributed by atoms with Crippen molar-refractivity contribution in [3.05, 3.63) is 46.8 Å². The summed E-state index contributed by atoms with van der Waals surface area (Å²) in [6.45, 7) is 3.76. The highest BCUT2D eigenvalue weighted by atomic mass is 16.5. The van der Waals surface area contributed by atoms with E-state index in [9.17, 15) is 4.79 Å². The quantitative estimate of drug-likeness (QED) is 0.874. The van der Waals surface area contributed by atoms with E-state index in [2.05, 4.69) is 9.97 Å². The van der Waals surface area contributed by atoms with Gasteiger partial charge in [0.1, 0.15) is 12.4 Å². The van der Waals surface area contributed by atoms with Gasteiger partial charge in [-0.1, -0.05) is 17.7 Å². The second-order valence-corrected chi connectivity index (χ2v) is 4.45. The Morgan fingerprint density at radius 2 is 1.85 bits per heavy atom. The number of aryl methyl sites for hydroxylation is 2. The minimum absolute atomic E-state index is 0.0926. The van der Waals surface area contributed by atoms with Crippen molar-refractivity contribution in [1.82, 2.24) is 9.97 Å². The lowest BCUT2D eigenvalue weighted by Crippen LogP contribution is -2.20. The van der Waals surface area contributed by atoms with Crippen LogP contribution in [-0.2, 0) is 6.61 Å². The molecule has 104 valence electrons. The van der Waals surface area contributed by atoms with Crippen molar-refractivity contribution in [3.63, 3.8) is 0 Å². The van der Waals surface area contributed by atoms with E-state index in [1.807, 2.05) is 31.2 Å². The Kier molecular flexibility index (Phi) is 3.84. The molecule has 0 aliphatic carbocycles. The standard InChI is InChI=1S/C14H16N4O2/c1-8-3-5-10(6-4-8)20-7-11-12(13(15)19)9(2)17-14(16)18-11/h3-6H,7H2,1-2H3,(H2,15,19)(H2,16,17,18). The van der Waals surface area contributed by atoms with E-state index in [4.69, 9.17) is 16.2 Å². The Morgan fingerprint density at radius 3 is 2.45 bits per heavy atom. The van der Waals surface area contributed by atoms with Crippen molar-refractivity contribution >= 4 is 11.9 Å². The molecule has 1 aromatic carbocycles. The van der Waals surface area contributed by atoms with Crippen molar-refractivity contribution in [1.29, 1.82) is 0 Å². The third-order valence-corrected chi connectivity index (χ3v) is 2.83. The zero-order valence-electron chi connectivity index (χ0n) is 11.4. The van der Waals surface area contributed by atoms with Crippen molar-refractivity contribution < 1.29 is 9.53 Å². The summed E-state index contributed by atoms with van der Waals surface area (Å²) >= 11 is 0. The van der Waals surface area contributed by atoms with Crippen LogP contribution in [0.1, 0.15) is 27.3 Å². The van der Waals surface area contributed by atoms with Gasteiger partial charge in [-0.25, -0.2) is 9.97 Å². The van der Waals surface area contributed by atoms with Gasteiger partial charge >= 0.3 is 0 Å². The molecule has 0 saturated carbocycles. The van der Waals surface area contributed by atoms with E-state index >= 15 is 0 Å². The number of amides is 1. The number of carbonyl (C=O) groups excluding carboxylic acids is 1. The maximum absolute atomic E-state index is 11.5. The molecule has 0 bridgehead atoms. The Bertz CT molecular complexity index is 638. The van der Waals surface area contributed by atoms with Crippen LogP contribution in [0.5, 0.6) is 5.75 Å². The van der Waals surface area contributed by atoms with Crippen LogP contribution in [-0.4, -0.2) is 15.9 Å². The third-order valence-electron chi connectivity index (χ3n) is 2.83. The lowest BCUT2D eigenvalue weighted by molar-refractivity contribution is 0.0996. The summed E-state index contributed by atoms with van der Waals surface area (Å²) in [6, 6.07) is 7.56. The summed E-state index contributed by atoms with van der Waals surface area (Å²) in [4.78, 5) is 19.4. The second-order valence-electron chi connectivity index (χ2n) is 4.45. The Morgan fingerprint density at radius 1 is 1.20 bits per heavy atom. The number of ether oxygens (including phenoxy) is 1. The first-order chi connectivity index (χ1) is 9.47. The van der Waals surface area contributed by atoms with Gasteiger partial charge in [-0.05, 0) is 26.0 Å². The fraction of sp³-hybridized carbons (Fsp3) is 0.214. The number of benzene rings is 1. The Hall–Kier alpha value is -2.63. The molecule has 1 amide bonds. The van der Waals surface area contributed by atoms with Gasteiger partial charge in [0.15, 0.2) is 0 Å². The molecule has 20 heavy (non-hydrogen) atoms. The maximum atomic E-state index is 11.5. The van der Waals surface area contributed by atoms with Gasteiger partial charge in [0.2, 0.25) is 5.95 Å². The highest BCUT2D eigenvalue weighted by molar-refractivity contribution is 5.95. The van der Waals surface area contributed by atoms with E-state index in [-0.39, 0.29) is 18.1 Å². The highest BCUT2D eigenvalue weighted by Crippen LogP contribution is 2.16. The summed E-state index contributed by atoms with van der Waals surface area (Å²) < 4.78 is 5.59. The molecule has 0 atom stereocenters. The SMILES string of the molecule is Cc1ccc(OCc2nc(N)nc(C)c2C(N)=O)cc1. The fourth-order valence-corrected chi connectivity index (χ4v) is 1.87. The molecule has 0 spiro atoms. The fourth-order valence-electron chi connectivity index (χ4n) is 1.87. The monoisotopic (exact) mass is 272 g/mol. The molecule has 0 aliphatic rings. The summed E-state index contributed by atoms with van der Waals surface area (Å²) in [6.07, 6.45) is 0. The molecule has 1 heterocycles. The van der Waals surface area contributed by atoms with Crippen LogP contribution >= 0.6 is 0 Å². The topological polar surface area (TPSA) is 104 Å². The predicted molar refractivity (Wildman–Crippen MR) is 75.2 cm³/mol. The van der Waals surface area contributed by atoms with Crippen molar-refractivity contribution in [3.8, 4) is 5.75 Å². The van der Waals surface area contributed by atoms with Crippen molar-refractivity contribution in [2.75, 3.05) is 5.73 Å². The van der Waals surface area contributed by atoms with Crippen LogP contribution in [0.4, 0.5) is 5.95 Å². The van der Waals surface area contributed by atoms with Crippen molar-refractivity contribution in [2.24, 2.45) is 5.73 Å². The maximum Gasteiger partial charge on any atom is 0.252 e. The third kappa shape index (κ3) is 3.03. The van der Waals surface area contributed by atoms with E-state index in [1.54, 1.807) is 6.92 Å². The number of hydrogen-bond donors (Lipinski definition) is 2. The average molecular weight is 272 g/mol. The molecule has 0 fully saturated rings. The predicted octanol–water partition coefficient (Wildman–Crippen LogP) is 1.35. The molecular formula is C14H16N4O2. The smallest absolute Gasteiger partial charge is 0.252 e. The lowest BCUT2D eigenvalue weighted by Gasteiger charge is -2.11. The molecule has 2 aromatic rings. The van der Waals surface area contributed by atoms with E-state index < -0.39 is 5.91 Å². The van der Waals surface area contributed by atoms with Gasteiger partial charge in [0.05, 0.1) is 17.0 Å². The number of nitrogen functional groups attached to an aromatic ring is 1. The highest BCUT2D eigenvalue weighted by Gasteiger charge is 2.16. The summed E-state index contributed by atoms with van der Waals surface area (Å²) in [5.41, 5.74) is 13.2. The lowest BCUT2D eigenvalue weighted by atomic mass is 10.1. The molecule has 0 aliphatic heterocycles. The van der Waals surface area contributed by atoms with Gasteiger partial charge in [-0.15, -0.1) is 0 Å². The first kappa shape index (κ1) is 13.8. The molecule has 0 saturated heterocycles. The van der Waals surface area contributed by atoms with Crippen LogP contribution < -0.4 is 16.2 Å². The minimum atomic E-state index is -0.593. The molecule has 6 heteroatoms. The number of hydrogen-bond acceptors (Lipinski definition) is 5. The molecule has 0 radical (unpaired) electrons. The minimum Gasteiger partial charge on any atom is -0.487 e. The normalized spacial score (nSPS) is 10.3. The molecule has 6 nitrogen and oxygen atoms in total. The van der Waals surface area contributed by atoms with Gasteiger partial charge < -0.3 is 16.2 Å². The average Bonchev–Trinajstić information content (AvgIpc) is 2.36. The van der Waals surface area contributed by atoms with Crippen LogP contribution in [0.25, 0.3) is 0 Å². The number of nitrogens with two attached hydrogens (primary N) is 2. The second kappa shape index (κ2) is 5.56. The van der Waals surface area contributed by atoms with Gasteiger partial charge in [0, 0.05) is 0 Å². The van der Waals surface area contributed by atoms with E-state index in [1.165, 1.54) is 0 Å². The summed E-state index contributed by atoms with van der Waals surface area (Å²) in [5, 5.41) is 0. The van der Waals surface area contributed by atoms with Crippen molar-refractivity contribution in [2.45, 2.75) is 20.5 Å². The number of primary amides is 1. The molecule has 0 unspecified atom stereocenters. The molecule has 4 N–H and O–H groups in total. The number of anilines is 1. The Labute approximate surface area is 116 Å². The van der Waals surface area contributed by atoms with Crippen LogP contribution in [0.2, 0.25) is 0 Å². The van der Waals surface area contributed by atoms with Crippen LogP contribution in [0.15, 0.2) is 24.3 Å². The summed E-state index contributed by atoms with van der Waals surface area (Å²) in [5.74, 6) is 0.181. The van der Waals surface area contributed by atoms with Crippen LogP contribution in [0, 0.1) is 13.8 Å². The largest absolute Gasteiger partial charge is 0.487 e. The zero-order valence-corrected chi connectivity index (χ0v) is 11.4. The number of carbonyl (C=O) groups is 1. The van der Waals surface area contributed by atoms with Gasteiger partial charge in [0.25, 0.3) is 5.91 Å². The summed E-state index contributed by atoms with van der Waals surface area (Å²) in [7, 11) is 0. The number of nitrogens with zero attached hydrogens (tertiary/aromatic N) is 2. The number of aromatic nitrogens is 2. The van der Waals surface area contributed by atoms with Gasteiger partial charge in [-0.2, -0.15) is 0 Å².